The summed E-state index contributed by atoms with van der Waals surface area (Å²) in [5, 5.41) is 3.45. The van der Waals surface area contributed by atoms with Gasteiger partial charge in [0.2, 0.25) is 0 Å². The van der Waals surface area contributed by atoms with E-state index in [0.29, 0.717) is 6.04 Å². The lowest BCUT2D eigenvalue weighted by atomic mass is 10.2. The lowest BCUT2D eigenvalue weighted by Crippen LogP contribution is -2.20. The number of fused-ring (bicyclic) bond motifs is 1. The number of hydrogen-bond acceptors (Lipinski definition) is 2. The van der Waals surface area contributed by atoms with Gasteiger partial charge in [-0.3, -0.25) is 0 Å². The van der Waals surface area contributed by atoms with Crippen molar-refractivity contribution >= 4 is 5.65 Å². The monoisotopic (exact) mass is 268 g/mol. The van der Waals surface area contributed by atoms with Gasteiger partial charge in [0.05, 0.1) is 12.2 Å². The van der Waals surface area contributed by atoms with Crippen molar-refractivity contribution in [2.24, 2.45) is 0 Å². The first-order valence-electron chi connectivity index (χ1n) is 7.09. The standard InChI is InChI=1S/C16H20N4/c1-3-17-13(2)15-7-6-10-19(15)11-14-12-20-9-5-4-8-16(20)18-14/h4-10,12-13,17H,3,11H2,1-2H3. The number of imidazole rings is 1. The molecule has 104 valence electrons. The first kappa shape index (κ1) is 12.9. The minimum atomic E-state index is 0.354. The zero-order valence-corrected chi connectivity index (χ0v) is 12.0. The topological polar surface area (TPSA) is 34.3 Å². The molecule has 3 heterocycles. The van der Waals surface area contributed by atoms with Gasteiger partial charge in [0, 0.05) is 30.3 Å². The Balaban J connectivity index is 1.86. The Morgan fingerprint density at radius 1 is 1.20 bits per heavy atom. The van der Waals surface area contributed by atoms with Crippen molar-refractivity contribution in [1.29, 1.82) is 0 Å². The fraction of sp³-hybridized carbons (Fsp3) is 0.312. The predicted molar refractivity (Wildman–Crippen MR) is 80.8 cm³/mol. The van der Waals surface area contributed by atoms with Gasteiger partial charge in [-0.15, -0.1) is 0 Å². The first-order chi connectivity index (χ1) is 9.78. The second-order valence-corrected chi connectivity index (χ2v) is 5.04. The third kappa shape index (κ3) is 2.47. The molecule has 0 aromatic carbocycles. The molecule has 0 bridgehead atoms. The zero-order valence-electron chi connectivity index (χ0n) is 12.0. The van der Waals surface area contributed by atoms with Crippen LogP contribution in [0.15, 0.2) is 48.9 Å². The van der Waals surface area contributed by atoms with E-state index >= 15 is 0 Å². The molecule has 0 aliphatic carbocycles. The van der Waals surface area contributed by atoms with Crippen molar-refractivity contribution in [3.8, 4) is 0 Å². The Bertz CT molecular complexity index is 662. The number of hydrogen-bond donors (Lipinski definition) is 1. The second-order valence-electron chi connectivity index (χ2n) is 5.04. The molecule has 3 aromatic heterocycles. The number of aromatic nitrogens is 3. The van der Waals surface area contributed by atoms with Crippen LogP contribution in [0.5, 0.6) is 0 Å². The molecule has 0 aliphatic heterocycles. The van der Waals surface area contributed by atoms with Crippen LogP contribution >= 0.6 is 0 Å². The van der Waals surface area contributed by atoms with Crippen molar-refractivity contribution in [2.45, 2.75) is 26.4 Å². The predicted octanol–water partition coefficient (Wildman–Crippen LogP) is 2.85. The highest BCUT2D eigenvalue weighted by Crippen LogP contribution is 2.15. The molecule has 20 heavy (non-hydrogen) atoms. The number of nitrogens with zero attached hydrogens (tertiary/aromatic N) is 3. The van der Waals surface area contributed by atoms with E-state index in [-0.39, 0.29) is 0 Å². The Hall–Kier alpha value is -2.07. The molecule has 3 aromatic rings. The maximum absolute atomic E-state index is 4.66. The Morgan fingerprint density at radius 2 is 2.10 bits per heavy atom. The van der Waals surface area contributed by atoms with Gasteiger partial charge in [-0.2, -0.15) is 0 Å². The van der Waals surface area contributed by atoms with Gasteiger partial charge in [0.25, 0.3) is 0 Å². The molecule has 0 fully saturated rings. The smallest absolute Gasteiger partial charge is 0.137 e. The fourth-order valence-corrected chi connectivity index (χ4v) is 2.61. The largest absolute Gasteiger partial charge is 0.344 e. The molecular weight excluding hydrogens is 248 g/mol. The molecule has 0 saturated heterocycles. The summed E-state index contributed by atoms with van der Waals surface area (Å²) < 4.78 is 4.32. The quantitative estimate of drug-likeness (QED) is 0.772. The fourth-order valence-electron chi connectivity index (χ4n) is 2.61. The van der Waals surface area contributed by atoms with E-state index in [2.05, 4.69) is 57.6 Å². The van der Waals surface area contributed by atoms with Gasteiger partial charge in [-0.25, -0.2) is 4.98 Å². The van der Waals surface area contributed by atoms with Crippen molar-refractivity contribution in [1.82, 2.24) is 19.3 Å². The average molecular weight is 268 g/mol. The van der Waals surface area contributed by atoms with Gasteiger partial charge in [0.15, 0.2) is 0 Å². The number of rotatable bonds is 5. The van der Waals surface area contributed by atoms with Crippen LogP contribution < -0.4 is 5.32 Å². The SMILES string of the molecule is CCNC(C)c1cccn1Cc1cn2ccccc2n1. The second kappa shape index (κ2) is 5.51. The van der Waals surface area contributed by atoms with E-state index in [4.69, 9.17) is 0 Å². The molecule has 0 amide bonds. The summed E-state index contributed by atoms with van der Waals surface area (Å²) in [6.45, 7) is 6.10. The minimum Gasteiger partial charge on any atom is -0.344 e. The zero-order chi connectivity index (χ0) is 13.9. The Labute approximate surface area is 119 Å². The summed E-state index contributed by atoms with van der Waals surface area (Å²) in [6.07, 6.45) is 6.24. The van der Waals surface area contributed by atoms with Crippen LogP contribution in [-0.2, 0) is 6.54 Å². The van der Waals surface area contributed by atoms with E-state index in [1.807, 2.05) is 24.4 Å². The third-order valence-electron chi connectivity index (χ3n) is 3.56. The normalized spacial score (nSPS) is 12.9. The van der Waals surface area contributed by atoms with Crippen LogP contribution in [-0.4, -0.2) is 20.5 Å². The Kier molecular flexibility index (Phi) is 3.56. The van der Waals surface area contributed by atoms with Crippen LogP contribution in [0, 0.1) is 0 Å². The summed E-state index contributed by atoms with van der Waals surface area (Å²) in [5.41, 5.74) is 3.37. The average Bonchev–Trinajstić information content (AvgIpc) is 3.05. The van der Waals surface area contributed by atoms with E-state index in [1.54, 1.807) is 0 Å². The summed E-state index contributed by atoms with van der Waals surface area (Å²) in [7, 11) is 0. The van der Waals surface area contributed by atoms with Gasteiger partial charge in [0.1, 0.15) is 5.65 Å². The van der Waals surface area contributed by atoms with Crippen LogP contribution in [0.4, 0.5) is 0 Å². The van der Waals surface area contributed by atoms with Crippen LogP contribution in [0.3, 0.4) is 0 Å². The van der Waals surface area contributed by atoms with E-state index in [9.17, 15) is 0 Å². The van der Waals surface area contributed by atoms with Gasteiger partial charge in [-0.1, -0.05) is 13.0 Å². The van der Waals surface area contributed by atoms with E-state index < -0.39 is 0 Å². The summed E-state index contributed by atoms with van der Waals surface area (Å²) >= 11 is 0. The number of pyridine rings is 1. The summed E-state index contributed by atoms with van der Waals surface area (Å²) in [4.78, 5) is 4.66. The van der Waals surface area contributed by atoms with Crippen molar-refractivity contribution < 1.29 is 0 Å². The van der Waals surface area contributed by atoms with Crippen molar-refractivity contribution in [3.05, 3.63) is 60.3 Å². The van der Waals surface area contributed by atoms with E-state index in [0.717, 1.165) is 24.4 Å². The first-order valence-corrected chi connectivity index (χ1v) is 7.09. The molecule has 4 heteroatoms. The van der Waals surface area contributed by atoms with Crippen molar-refractivity contribution in [2.75, 3.05) is 6.54 Å². The highest BCUT2D eigenvalue weighted by atomic mass is 15.1. The lowest BCUT2D eigenvalue weighted by molar-refractivity contribution is 0.552. The van der Waals surface area contributed by atoms with E-state index in [1.165, 1.54) is 5.69 Å². The summed E-state index contributed by atoms with van der Waals surface area (Å²) in [6, 6.07) is 10.7. The molecule has 0 radical (unpaired) electrons. The molecule has 3 rings (SSSR count). The third-order valence-corrected chi connectivity index (χ3v) is 3.56. The van der Waals surface area contributed by atoms with Crippen LogP contribution in [0.1, 0.15) is 31.3 Å². The van der Waals surface area contributed by atoms with Gasteiger partial charge in [-0.05, 0) is 37.7 Å². The van der Waals surface area contributed by atoms with Gasteiger partial charge < -0.3 is 14.3 Å². The summed E-state index contributed by atoms with van der Waals surface area (Å²) in [5.74, 6) is 0. The molecule has 0 aliphatic rings. The molecule has 1 atom stereocenters. The molecule has 1 unspecified atom stereocenters. The molecule has 4 nitrogen and oxygen atoms in total. The lowest BCUT2D eigenvalue weighted by Gasteiger charge is -2.15. The molecule has 1 N–H and O–H groups in total. The molecular formula is C16H20N4. The Morgan fingerprint density at radius 3 is 2.90 bits per heavy atom. The minimum absolute atomic E-state index is 0.354. The highest BCUT2D eigenvalue weighted by molar-refractivity contribution is 5.39. The van der Waals surface area contributed by atoms with Gasteiger partial charge >= 0.3 is 0 Å². The number of nitrogens with one attached hydrogen (secondary N) is 1. The van der Waals surface area contributed by atoms with Crippen LogP contribution in [0.25, 0.3) is 5.65 Å². The van der Waals surface area contributed by atoms with Crippen LogP contribution in [0.2, 0.25) is 0 Å². The molecule has 0 spiro atoms. The maximum Gasteiger partial charge on any atom is 0.137 e. The molecule has 0 saturated carbocycles. The maximum atomic E-state index is 4.66. The highest BCUT2D eigenvalue weighted by Gasteiger charge is 2.10. The van der Waals surface area contributed by atoms with Crippen molar-refractivity contribution in [3.63, 3.8) is 0 Å².